The largest absolute Gasteiger partial charge is 0.383 e. The first-order valence-electron chi connectivity index (χ1n) is 2.15. The molecule has 9 heavy (non-hydrogen) atoms. The van der Waals surface area contributed by atoms with E-state index in [1.807, 2.05) is 0 Å². The number of nitrogen functional groups attached to an aromatic ring is 1. The van der Waals surface area contributed by atoms with E-state index in [9.17, 15) is 4.79 Å². The molecule has 1 aromatic heterocycles. The lowest BCUT2D eigenvalue weighted by atomic mass is 10.5. The fourth-order valence-electron chi connectivity index (χ4n) is 0.390. The smallest absolute Gasteiger partial charge is 0.227 e. The summed E-state index contributed by atoms with van der Waals surface area (Å²) in [5, 5.41) is -0.288. The molecule has 0 saturated heterocycles. The molecule has 0 atom stereocenters. The first kappa shape index (κ1) is 6.57. The quantitative estimate of drug-likeness (QED) is 0.597. The van der Waals surface area contributed by atoms with Gasteiger partial charge in [0.2, 0.25) is 5.12 Å². The van der Waals surface area contributed by atoms with Gasteiger partial charge in [-0.3, -0.25) is 4.79 Å². The van der Waals surface area contributed by atoms with E-state index in [1.54, 1.807) is 0 Å². The molecule has 0 radical (unpaired) electrons. The lowest BCUT2D eigenvalue weighted by molar-refractivity contribution is 0.109. The fourth-order valence-corrected chi connectivity index (χ4v) is 1.08. The van der Waals surface area contributed by atoms with E-state index >= 15 is 0 Å². The Morgan fingerprint density at radius 3 is 2.78 bits per heavy atom. The van der Waals surface area contributed by atoms with Crippen molar-refractivity contribution in [3.63, 3.8) is 0 Å². The number of thiol groups is 1. The molecule has 0 aliphatic rings. The van der Waals surface area contributed by atoms with Crippen molar-refractivity contribution in [2.24, 2.45) is 0 Å². The van der Waals surface area contributed by atoms with E-state index in [0.717, 1.165) is 11.5 Å². The average molecular weight is 160 g/mol. The Morgan fingerprint density at radius 2 is 2.56 bits per heavy atom. The zero-order chi connectivity index (χ0) is 6.85. The van der Waals surface area contributed by atoms with Crippen molar-refractivity contribution in [1.82, 2.24) is 4.37 Å². The van der Waals surface area contributed by atoms with E-state index in [-0.39, 0.29) is 5.12 Å². The van der Waals surface area contributed by atoms with E-state index in [4.69, 9.17) is 5.73 Å². The van der Waals surface area contributed by atoms with Gasteiger partial charge in [0.1, 0.15) is 10.7 Å². The number of rotatable bonds is 1. The summed E-state index contributed by atoms with van der Waals surface area (Å²) in [7, 11) is 0. The summed E-state index contributed by atoms with van der Waals surface area (Å²) in [4.78, 5) is 10.9. The highest BCUT2D eigenvalue weighted by Crippen LogP contribution is 2.12. The molecule has 0 unspecified atom stereocenters. The maximum Gasteiger partial charge on any atom is 0.227 e. The van der Waals surface area contributed by atoms with E-state index in [0.29, 0.717) is 10.7 Å². The van der Waals surface area contributed by atoms with Gasteiger partial charge in [0.25, 0.3) is 0 Å². The van der Waals surface area contributed by atoms with Gasteiger partial charge >= 0.3 is 0 Å². The van der Waals surface area contributed by atoms with E-state index in [2.05, 4.69) is 17.0 Å². The fraction of sp³-hybridized carbons (Fsp3) is 0. The predicted molar refractivity (Wildman–Crippen MR) is 39.8 cm³/mol. The molecule has 1 aromatic rings. The van der Waals surface area contributed by atoms with Crippen LogP contribution in [0.5, 0.6) is 0 Å². The molecule has 3 nitrogen and oxygen atoms in total. The summed E-state index contributed by atoms with van der Waals surface area (Å²) < 4.78 is 3.69. The number of hydrogen-bond acceptors (Lipinski definition) is 4. The number of nitrogens with zero attached hydrogens (tertiary/aromatic N) is 1. The standard InChI is InChI=1S/C4H4N2OS2/c5-3-1-2(4(7)8)9-6-3/h1H,(H2,5,6)(H,7,8). The van der Waals surface area contributed by atoms with Crippen LogP contribution in [-0.4, -0.2) is 9.49 Å². The van der Waals surface area contributed by atoms with Crippen LogP contribution in [0.25, 0.3) is 0 Å². The van der Waals surface area contributed by atoms with E-state index in [1.165, 1.54) is 6.07 Å². The van der Waals surface area contributed by atoms with Gasteiger partial charge in [0.15, 0.2) is 0 Å². The zero-order valence-electron chi connectivity index (χ0n) is 4.37. The highest BCUT2D eigenvalue weighted by Gasteiger charge is 2.02. The van der Waals surface area contributed by atoms with Crippen LogP contribution in [0.4, 0.5) is 5.82 Å². The summed E-state index contributed by atoms with van der Waals surface area (Å²) in [5.74, 6) is 0.373. The number of nitrogens with two attached hydrogens (primary N) is 1. The van der Waals surface area contributed by atoms with Crippen LogP contribution in [0.2, 0.25) is 0 Å². The van der Waals surface area contributed by atoms with Crippen molar-refractivity contribution in [2.45, 2.75) is 0 Å². The summed E-state index contributed by atoms with van der Waals surface area (Å²) in [6, 6.07) is 1.50. The van der Waals surface area contributed by atoms with Crippen molar-refractivity contribution in [3.8, 4) is 0 Å². The SMILES string of the molecule is Nc1cc(C(=O)S)sn1. The van der Waals surface area contributed by atoms with Gasteiger partial charge in [-0.1, -0.05) is 12.6 Å². The van der Waals surface area contributed by atoms with Gasteiger partial charge in [-0.05, 0) is 11.5 Å². The maximum atomic E-state index is 10.4. The predicted octanol–water partition coefficient (Wildman–Crippen LogP) is 0.795. The van der Waals surface area contributed by atoms with Gasteiger partial charge in [0.05, 0.1) is 0 Å². The molecule has 1 heterocycles. The highest BCUT2D eigenvalue weighted by molar-refractivity contribution is 7.97. The average Bonchev–Trinajstić information content (AvgIpc) is 2.14. The molecule has 0 bridgehead atoms. The minimum Gasteiger partial charge on any atom is -0.383 e. The third-order valence-corrected chi connectivity index (χ3v) is 1.93. The number of aromatic nitrogens is 1. The Balaban J connectivity index is 2.98. The Bertz CT molecular complexity index is 232. The first-order chi connectivity index (χ1) is 4.20. The third kappa shape index (κ3) is 1.43. The van der Waals surface area contributed by atoms with Gasteiger partial charge in [-0.15, -0.1) is 0 Å². The Hall–Kier alpha value is -0.550. The Labute approximate surface area is 61.5 Å². The molecule has 0 saturated carbocycles. The van der Waals surface area contributed by atoms with Crippen molar-refractivity contribution < 1.29 is 4.79 Å². The molecule has 48 valence electrons. The zero-order valence-corrected chi connectivity index (χ0v) is 6.08. The number of carbonyl (C=O) groups is 1. The minimum absolute atomic E-state index is 0.288. The maximum absolute atomic E-state index is 10.4. The van der Waals surface area contributed by atoms with Gasteiger partial charge in [-0.2, -0.15) is 4.37 Å². The molecule has 1 rings (SSSR count). The minimum atomic E-state index is -0.288. The molecule has 0 aliphatic heterocycles. The molecular weight excluding hydrogens is 156 g/mol. The van der Waals surface area contributed by atoms with Crippen molar-refractivity contribution in [2.75, 3.05) is 5.73 Å². The topological polar surface area (TPSA) is 56.0 Å². The van der Waals surface area contributed by atoms with Crippen LogP contribution in [0, 0.1) is 0 Å². The van der Waals surface area contributed by atoms with E-state index < -0.39 is 0 Å². The van der Waals surface area contributed by atoms with Crippen molar-refractivity contribution >= 4 is 35.1 Å². The second-order valence-corrected chi connectivity index (χ2v) is 2.63. The lowest BCUT2D eigenvalue weighted by Crippen LogP contribution is -1.82. The van der Waals surface area contributed by atoms with Crippen LogP contribution in [-0.2, 0) is 0 Å². The van der Waals surface area contributed by atoms with Crippen molar-refractivity contribution in [3.05, 3.63) is 10.9 Å². The van der Waals surface area contributed by atoms with Crippen LogP contribution in [0.1, 0.15) is 9.67 Å². The summed E-state index contributed by atoms with van der Waals surface area (Å²) in [6.45, 7) is 0. The molecule has 0 spiro atoms. The molecule has 0 aromatic carbocycles. The molecular formula is C4H4N2OS2. The Morgan fingerprint density at radius 1 is 1.89 bits per heavy atom. The van der Waals surface area contributed by atoms with Crippen molar-refractivity contribution in [1.29, 1.82) is 0 Å². The summed E-state index contributed by atoms with van der Waals surface area (Å²) >= 11 is 4.63. The molecule has 0 fully saturated rings. The monoisotopic (exact) mass is 160 g/mol. The van der Waals surface area contributed by atoms with Gasteiger partial charge in [-0.25, -0.2) is 0 Å². The molecule has 5 heteroatoms. The normalized spacial score (nSPS) is 9.44. The molecule has 0 aliphatic carbocycles. The van der Waals surface area contributed by atoms with Gasteiger partial charge < -0.3 is 5.73 Å². The number of carbonyl (C=O) groups excluding carboxylic acids is 1. The Kier molecular flexibility index (Phi) is 1.73. The summed E-state index contributed by atoms with van der Waals surface area (Å²) in [5.41, 5.74) is 5.23. The lowest BCUT2D eigenvalue weighted by Gasteiger charge is -1.77. The second-order valence-electron chi connectivity index (χ2n) is 1.42. The second kappa shape index (κ2) is 2.36. The number of hydrogen-bond donors (Lipinski definition) is 2. The summed E-state index contributed by atoms with van der Waals surface area (Å²) in [6.07, 6.45) is 0. The number of anilines is 1. The highest BCUT2D eigenvalue weighted by atomic mass is 32.1. The van der Waals surface area contributed by atoms with Crippen LogP contribution in [0.3, 0.4) is 0 Å². The van der Waals surface area contributed by atoms with Crippen LogP contribution in [0.15, 0.2) is 6.07 Å². The van der Waals surface area contributed by atoms with Crippen LogP contribution >= 0.6 is 24.2 Å². The van der Waals surface area contributed by atoms with Crippen LogP contribution < -0.4 is 5.73 Å². The molecule has 0 amide bonds. The first-order valence-corrected chi connectivity index (χ1v) is 3.37. The van der Waals surface area contributed by atoms with Gasteiger partial charge in [0, 0.05) is 6.07 Å². The third-order valence-electron chi connectivity index (χ3n) is 0.739. The molecule has 2 N–H and O–H groups in total.